The smallest absolute Gasteiger partial charge is 0.220 e. The quantitative estimate of drug-likeness (QED) is 0.788. The van der Waals surface area contributed by atoms with Crippen LogP contribution in [0.5, 0.6) is 5.75 Å². The Hall–Kier alpha value is -1.62. The van der Waals surface area contributed by atoms with Gasteiger partial charge in [-0.15, -0.1) is 0 Å². The van der Waals surface area contributed by atoms with Gasteiger partial charge in [0.25, 0.3) is 0 Å². The summed E-state index contributed by atoms with van der Waals surface area (Å²) < 4.78 is 18.3. The predicted molar refractivity (Wildman–Crippen MR) is 69.4 cm³/mol. The lowest BCUT2D eigenvalue weighted by atomic mass is 9.96. The molecule has 0 unspecified atom stereocenters. The van der Waals surface area contributed by atoms with Crippen molar-refractivity contribution in [3.8, 4) is 5.75 Å². The van der Waals surface area contributed by atoms with Gasteiger partial charge in [0.1, 0.15) is 24.7 Å². The van der Waals surface area contributed by atoms with Crippen molar-refractivity contribution in [3.05, 3.63) is 30.1 Å². The third-order valence-corrected chi connectivity index (χ3v) is 3.63. The Morgan fingerprint density at radius 1 is 1.32 bits per heavy atom. The Morgan fingerprint density at radius 3 is 2.53 bits per heavy atom. The normalized spacial score (nSPS) is 23.0. The molecule has 0 bridgehead atoms. The van der Waals surface area contributed by atoms with Crippen LogP contribution in [-0.4, -0.2) is 32.1 Å². The summed E-state index contributed by atoms with van der Waals surface area (Å²) in [6.45, 7) is 3.41. The minimum atomic E-state index is -0.258. The van der Waals surface area contributed by atoms with E-state index in [2.05, 4.69) is 0 Å². The van der Waals surface area contributed by atoms with Crippen molar-refractivity contribution >= 4 is 5.91 Å². The van der Waals surface area contributed by atoms with E-state index >= 15 is 0 Å². The number of nitrogens with two attached hydrogens (primary N) is 1. The van der Waals surface area contributed by atoms with Gasteiger partial charge in [-0.05, 0) is 24.3 Å². The van der Waals surface area contributed by atoms with E-state index in [9.17, 15) is 9.18 Å². The van der Waals surface area contributed by atoms with Crippen LogP contribution in [0.3, 0.4) is 0 Å². The zero-order valence-corrected chi connectivity index (χ0v) is 10.9. The fraction of sp³-hybridized carbons (Fsp3) is 0.500. The Bertz CT molecular complexity index is 414. The standard InChI is InChI=1S/C14H19FN2O2/c15-12-1-3-13(4-2-12)19-10-9-17-7-5-11(6-8-17)14(16)18/h1-4,11H,5-10H2,(H2,16,18)/p+1. The number of carbonyl (C=O) groups excluding carboxylic acids is 1. The summed E-state index contributed by atoms with van der Waals surface area (Å²) in [5.74, 6) is 0.294. The Balaban J connectivity index is 1.67. The average molecular weight is 267 g/mol. The number of primary amides is 1. The van der Waals surface area contributed by atoms with Crippen LogP contribution in [0.15, 0.2) is 24.3 Å². The number of carbonyl (C=O) groups is 1. The van der Waals surface area contributed by atoms with Crippen molar-refractivity contribution in [1.29, 1.82) is 0 Å². The highest BCUT2D eigenvalue weighted by Gasteiger charge is 2.25. The second-order valence-corrected chi connectivity index (χ2v) is 4.98. The van der Waals surface area contributed by atoms with E-state index in [0.29, 0.717) is 12.4 Å². The van der Waals surface area contributed by atoms with E-state index in [1.807, 2.05) is 0 Å². The van der Waals surface area contributed by atoms with Crippen LogP contribution in [0.25, 0.3) is 0 Å². The van der Waals surface area contributed by atoms with Gasteiger partial charge in [0.2, 0.25) is 5.91 Å². The molecule has 4 nitrogen and oxygen atoms in total. The first-order valence-corrected chi connectivity index (χ1v) is 6.66. The molecular weight excluding hydrogens is 247 g/mol. The predicted octanol–water partition coefficient (Wildman–Crippen LogP) is -0.0153. The molecule has 1 aromatic carbocycles. The first-order chi connectivity index (χ1) is 9.15. The van der Waals surface area contributed by atoms with Gasteiger partial charge in [0.15, 0.2) is 0 Å². The zero-order valence-electron chi connectivity index (χ0n) is 10.9. The maximum Gasteiger partial charge on any atom is 0.220 e. The second kappa shape index (κ2) is 6.52. The molecule has 0 atom stereocenters. The number of halogens is 1. The lowest BCUT2D eigenvalue weighted by Crippen LogP contribution is -3.13. The van der Waals surface area contributed by atoms with Gasteiger partial charge in [-0.2, -0.15) is 0 Å². The first-order valence-electron chi connectivity index (χ1n) is 6.66. The molecule has 1 aliphatic rings. The number of nitrogens with one attached hydrogen (secondary N) is 1. The number of piperidine rings is 1. The SMILES string of the molecule is NC(=O)C1CC[NH+](CCOc2ccc(F)cc2)CC1. The third-order valence-electron chi connectivity index (χ3n) is 3.63. The summed E-state index contributed by atoms with van der Waals surface area (Å²) >= 11 is 0. The topological polar surface area (TPSA) is 56.8 Å². The lowest BCUT2D eigenvalue weighted by molar-refractivity contribution is -0.905. The molecule has 0 aromatic heterocycles. The molecule has 5 heteroatoms. The molecule has 2 rings (SSSR count). The van der Waals surface area contributed by atoms with Crippen LogP contribution < -0.4 is 15.4 Å². The highest BCUT2D eigenvalue weighted by atomic mass is 19.1. The van der Waals surface area contributed by atoms with Gasteiger partial charge < -0.3 is 15.4 Å². The number of hydrogen-bond acceptors (Lipinski definition) is 2. The fourth-order valence-corrected chi connectivity index (χ4v) is 2.40. The number of likely N-dealkylation sites (tertiary alicyclic amines) is 1. The number of quaternary nitrogens is 1. The molecule has 104 valence electrons. The minimum absolute atomic E-state index is 0.0433. The van der Waals surface area contributed by atoms with Gasteiger partial charge in [-0.1, -0.05) is 0 Å². The molecule has 0 saturated carbocycles. The van der Waals surface area contributed by atoms with Crippen LogP contribution in [-0.2, 0) is 4.79 Å². The monoisotopic (exact) mass is 267 g/mol. The summed E-state index contributed by atoms with van der Waals surface area (Å²) in [6, 6.07) is 6.04. The second-order valence-electron chi connectivity index (χ2n) is 4.98. The maximum absolute atomic E-state index is 12.7. The van der Waals surface area contributed by atoms with E-state index in [4.69, 9.17) is 10.5 Å². The summed E-state index contributed by atoms with van der Waals surface area (Å²) in [5.41, 5.74) is 5.30. The Morgan fingerprint density at radius 2 is 1.95 bits per heavy atom. The van der Waals surface area contributed by atoms with E-state index in [-0.39, 0.29) is 17.6 Å². The zero-order chi connectivity index (χ0) is 13.7. The molecular formula is C14H20FN2O2+. The highest BCUT2D eigenvalue weighted by Crippen LogP contribution is 2.10. The fourth-order valence-electron chi connectivity index (χ4n) is 2.40. The maximum atomic E-state index is 12.7. The molecule has 3 N–H and O–H groups in total. The molecule has 1 amide bonds. The van der Waals surface area contributed by atoms with Crippen molar-refractivity contribution in [2.75, 3.05) is 26.2 Å². The molecule has 1 fully saturated rings. The van der Waals surface area contributed by atoms with Crippen molar-refractivity contribution in [2.45, 2.75) is 12.8 Å². The number of ether oxygens (including phenoxy) is 1. The third kappa shape index (κ3) is 4.21. The average Bonchev–Trinajstić information content (AvgIpc) is 2.41. The Kier molecular flexibility index (Phi) is 4.74. The Labute approximate surface area is 112 Å². The molecule has 1 saturated heterocycles. The summed E-state index contributed by atoms with van der Waals surface area (Å²) in [6.07, 6.45) is 1.72. The molecule has 1 aliphatic heterocycles. The molecule has 0 aliphatic carbocycles. The molecule has 0 radical (unpaired) electrons. The van der Waals surface area contributed by atoms with Gasteiger partial charge >= 0.3 is 0 Å². The van der Waals surface area contributed by atoms with Crippen LogP contribution in [0.4, 0.5) is 4.39 Å². The number of amides is 1. The first kappa shape index (κ1) is 13.8. The van der Waals surface area contributed by atoms with Gasteiger partial charge in [0, 0.05) is 18.8 Å². The number of benzene rings is 1. The van der Waals surface area contributed by atoms with Crippen molar-refractivity contribution < 1.29 is 18.8 Å². The summed E-state index contributed by atoms with van der Waals surface area (Å²) in [4.78, 5) is 12.5. The number of rotatable bonds is 5. The van der Waals surface area contributed by atoms with Gasteiger partial charge in [0.05, 0.1) is 13.1 Å². The molecule has 0 spiro atoms. The highest BCUT2D eigenvalue weighted by molar-refractivity contribution is 5.76. The number of hydrogen-bond donors (Lipinski definition) is 2. The summed E-state index contributed by atoms with van der Waals surface area (Å²) in [5, 5.41) is 0. The van der Waals surface area contributed by atoms with E-state index in [0.717, 1.165) is 32.5 Å². The van der Waals surface area contributed by atoms with Crippen LogP contribution in [0.1, 0.15) is 12.8 Å². The van der Waals surface area contributed by atoms with Crippen LogP contribution in [0, 0.1) is 11.7 Å². The van der Waals surface area contributed by atoms with Crippen molar-refractivity contribution in [1.82, 2.24) is 0 Å². The van der Waals surface area contributed by atoms with E-state index in [1.165, 1.54) is 17.0 Å². The largest absolute Gasteiger partial charge is 0.488 e. The van der Waals surface area contributed by atoms with Gasteiger partial charge in [-0.25, -0.2) is 4.39 Å². The molecule has 19 heavy (non-hydrogen) atoms. The van der Waals surface area contributed by atoms with Crippen LogP contribution >= 0.6 is 0 Å². The van der Waals surface area contributed by atoms with E-state index < -0.39 is 0 Å². The van der Waals surface area contributed by atoms with Crippen LogP contribution in [0.2, 0.25) is 0 Å². The molecule has 1 heterocycles. The summed E-state index contributed by atoms with van der Waals surface area (Å²) in [7, 11) is 0. The minimum Gasteiger partial charge on any atom is -0.488 e. The molecule has 1 aromatic rings. The lowest BCUT2D eigenvalue weighted by Gasteiger charge is -2.27. The van der Waals surface area contributed by atoms with E-state index in [1.54, 1.807) is 12.1 Å². The van der Waals surface area contributed by atoms with Crippen molar-refractivity contribution in [3.63, 3.8) is 0 Å². The van der Waals surface area contributed by atoms with Gasteiger partial charge in [-0.3, -0.25) is 4.79 Å². The van der Waals surface area contributed by atoms with Crippen molar-refractivity contribution in [2.24, 2.45) is 11.7 Å².